The van der Waals surface area contributed by atoms with E-state index in [1.54, 1.807) is 0 Å². The second-order valence-corrected chi connectivity index (χ2v) is 5.36. The fourth-order valence-corrected chi connectivity index (χ4v) is 2.57. The Morgan fingerprint density at radius 2 is 1.17 bits per heavy atom. The molecular formula is C16H17ClN6. The van der Waals surface area contributed by atoms with Crippen LogP contribution in [0.25, 0.3) is 22.1 Å². The zero-order valence-electron chi connectivity index (χ0n) is 12.8. The Balaban J connectivity index is 0.00000156. The van der Waals surface area contributed by atoms with Crippen LogP contribution in [0.1, 0.15) is 11.6 Å². The molecule has 0 aliphatic rings. The van der Waals surface area contributed by atoms with Gasteiger partial charge in [0.2, 0.25) is 0 Å². The molecule has 2 aromatic heterocycles. The van der Waals surface area contributed by atoms with Crippen molar-refractivity contribution in [1.82, 2.24) is 19.9 Å². The van der Waals surface area contributed by atoms with Crippen LogP contribution in [0.3, 0.4) is 0 Å². The first-order valence-electron chi connectivity index (χ1n) is 7.12. The number of nitrogens with zero attached hydrogens (tertiary/aromatic N) is 2. The second kappa shape index (κ2) is 5.81. The maximum Gasteiger partial charge on any atom is 0.104 e. The van der Waals surface area contributed by atoms with E-state index in [9.17, 15) is 0 Å². The van der Waals surface area contributed by atoms with Gasteiger partial charge in [-0.25, -0.2) is 9.97 Å². The molecule has 0 amide bonds. The molecule has 2 heterocycles. The van der Waals surface area contributed by atoms with Crippen LogP contribution < -0.4 is 10.9 Å². The molecule has 6 nitrogen and oxygen atoms in total. The highest BCUT2D eigenvalue weighted by molar-refractivity contribution is 5.85. The maximum absolute atomic E-state index is 4.39. The van der Waals surface area contributed by atoms with Gasteiger partial charge in [0.25, 0.3) is 0 Å². The van der Waals surface area contributed by atoms with Crippen LogP contribution in [0.15, 0.2) is 36.4 Å². The number of halogens is 1. The molecule has 0 aliphatic carbocycles. The van der Waals surface area contributed by atoms with Crippen LogP contribution in [0.4, 0.5) is 11.4 Å². The van der Waals surface area contributed by atoms with Crippen LogP contribution >= 0.6 is 12.4 Å². The summed E-state index contributed by atoms with van der Waals surface area (Å²) in [5, 5.41) is 0. The van der Waals surface area contributed by atoms with Crippen molar-refractivity contribution < 1.29 is 0 Å². The highest BCUT2D eigenvalue weighted by atomic mass is 35.5. The van der Waals surface area contributed by atoms with Gasteiger partial charge in [-0.1, -0.05) is 0 Å². The molecule has 23 heavy (non-hydrogen) atoms. The third-order valence-electron chi connectivity index (χ3n) is 3.55. The van der Waals surface area contributed by atoms with Crippen molar-refractivity contribution in [2.45, 2.75) is 13.8 Å². The largest absolute Gasteiger partial charge is 0.342 e. The van der Waals surface area contributed by atoms with Crippen LogP contribution in [0.2, 0.25) is 0 Å². The van der Waals surface area contributed by atoms with Crippen molar-refractivity contribution in [2.24, 2.45) is 0 Å². The minimum Gasteiger partial charge on any atom is -0.342 e. The minimum atomic E-state index is 0. The molecular weight excluding hydrogens is 312 g/mol. The maximum atomic E-state index is 4.39. The number of hydrazine groups is 1. The molecule has 0 spiro atoms. The van der Waals surface area contributed by atoms with E-state index >= 15 is 0 Å². The van der Waals surface area contributed by atoms with Crippen molar-refractivity contribution in [3.8, 4) is 0 Å². The first kappa shape index (κ1) is 15.2. The molecule has 7 heteroatoms. The number of hydrogen-bond acceptors (Lipinski definition) is 4. The number of hydrogen-bond donors (Lipinski definition) is 4. The Morgan fingerprint density at radius 3 is 1.61 bits per heavy atom. The molecule has 0 aliphatic heterocycles. The number of nitrogens with one attached hydrogen (secondary N) is 4. The quantitative estimate of drug-likeness (QED) is 0.430. The SMILES string of the molecule is Cc1nc2ccc(NNc3ccc4nc(C)[nH]c4c3)cc2[nH]1.Cl. The summed E-state index contributed by atoms with van der Waals surface area (Å²) in [5.74, 6) is 1.83. The van der Waals surface area contributed by atoms with Gasteiger partial charge in [-0.2, -0.15) is 0 Å². The Morgan fingerprint density at radius 1 is 0.739 bits per heavy atom. The topological polar surface area (TPSA) is 81.4 Å². The molecule has 0 radical (unpaired) electrons. The van der Waals surface area contributed by atoms with Gasteiger partial charge in [0.1, 0.15) is 11.6 Å². The van der Waals surface area contributed by atoms with E-state index in [0.29, 0.717) is 0 Å². The van der Waals surface area contributed by atoms with Gasteiger partial charge in [0.15, 0.2) is 0 Å². The number of aryl methyl sites for hydroxylation is 2. The van der Waals surface area contributed by atoms with E-state index < -0.39 is 0 Å². The number of aromatic nitrogens is 4. The molecule has 0 bridgehead atoms. The summed E-state index contributed by atoms with van der Waals surface area (Å²) in [7, 11) is 0. The molecule has 118 valence electrons. The first-order valence-corrected chi connectivity index (χ1v) is 7.12. The smallest absolute Gasteiger partial charge is 0.104 e. The Hall–Kier alpha value is -2.73. The summed E-state index contributed by atoms with van der Waals surface area (Å²) in [6, 6.07) is 12.0. The van der Waals surface area contributed by atoms with Gasteiger partial charge >= 0.3 is 0 Å². The second-order valence-electron chi connectivity index (χ2n) is 5.36. The Bertz CT molecular complexity index is 891. The van der Waals surface area contributed by atoms with Crippen molar-refractivity contribution >= 4 is 45.8 Å². The van der Waals surface area contributed by atoms with E-state index in [2.05, 4.69) is 30.8 Å². The fraction of sp³-hybridized carbons (Fsp3) is 0.125. The van der Waals surface area contributed by atoms with Crippen LogP contribution in [0.5, 0.6) is 0 Å². The van der Waals surface area contributed by atoms with Crippen molar-refractivity contribution in [1.29, 1.82) is 0 Å². The number of benzene rings is 2. The average molecular weight is 329 g/mol. The molecule has 4 rings (SSSR count). The molecule has 0 atom stereocenters. The molecule has 0 fully saturated rings. The van der Waals surface area contributed by atoms with E-state index in [4.69, 9.17) is 0 Å². The van der Waals surface area contributed by atoms with Gasteiger partial charge in [0.05, 0.1) is 33.4 Å². The number of rotatable bonds is 3. The summed E-state index contributed by atoms with van der Waals surface area (Å²) >= 11 is 0. The van der Waals surface area contributed by atoms with Gasteiger partial charge in [0, 0.05) is 0 Å². The average Bonchev–Trinajstić information content (AvgIpc) is 3.04. The number of H-pyrrole nitrogens is 2. The number of anilines is 2. The highest BCUT2D eigenvalue weighted by Gasteiger charge is 2.02. The van der Waals surface area contributed by atoms with E-state index in [1.165, 1.54) is 0 Å². The minimum absolute atomic E-state index is 0. The van der Waals surface area contributed by atoms with Crippen LogP contribution in [-0.4, -0.2) is 19.9 Å². The van der Waals surface area contributed by atoms with Crippen LogP contribution in [0, 0.1) is 13.8 Å². The molecule has 2 aromatic carbocycles. The normalized spacial score (nSPS) is 10.7. The summed E-state index contributed by atoms with van der Waals surface area (Å²) in [6.45, 7) is 3.90. The van der Waals surface area contributed by atoms with Crippen molar-refractivity contribution in [2.75, 3.05) is 10.9 Å². The van der Waals surface area contributed by atoms with Crippen molar-refractivity contribution in [3.63, 3.8) is 0 Å². The molecule has 0 saturated heterocycles. The Kier molecular flexibility index (Phi) is 3.83. The highest BCUT2D eigenvalue weighted by Crippen LogP contribution is 2.19. The van der Waals surface area contributed by atoms with Gasteiger partial charge in [-0.15, -0.1) is 12.4 Å². The van der Waals surface area contributed by atoms with Crippen molar-refractivity contribution in [3.05, 3.63) is 48.0 Å². The summed E-state index contributed by atoms with van der Waals surface area (Å²) < 4.78 is 0. The monoisotopic (exact) mass is 328 g/mol. The zero-order valence-corrected chi connectivity index (χ0v) is 13.6. The van der Waals surface area contributed by atoms with E-state index in [1.807, 2.05) is 50.2 Å². The lowest BCUT2D eigenvalue weighted by molar-refractivity contribution is 1.17. The predicted octanol–water partition coefficient (Wildman–Crippen LogP) is 3.92. The van der Waals surface area contributed by atoms with Crippen LogP contribution in [-0.2, 0) is 0 Å². The first-order chi connectivity index (χ1) is 10.7. The summed E-state index contributed by atoms with van der Waals surface area (Å²) in [4.78, 5) is 15.3. The summed E-state index contributed by atoms with van der Waals surface area (Å²) in [5.41, 5.74) is 12.3. The van der Waals surface area contributed by atoms with E-state index in [-0.39, 0.29) is 12.4 Å². The van der Waals surface area contributed by atoms with Gasteiger partial charge in [-0.05, 0) is 50.2 Å². The number of imidazole rings is 2. The lowest BCUT2D eigenvalue weighted by Crippen LogP contribution is -2.08. The van der Waals surface area contributed by atoms with Gasteiger partial charge < -0.3 is 20.8 Å². The molecule has 4 aromatic rings. The Labute approximate surface area is 139 Å². The zero-order chi connectivity index (χ0) is 15.1. The third kappa shape index (κ3) is 2.93. The fourth-order valence-electron chi connectivity index (χ4n) is 2.57. The number of fused-ring (bicyclic) bond motifs is 2. The molecule has 0 saturated carbocycles. The lowest BCUT2D eigenvalue weighted by atomic mass is 10.3. The molecule has 4 N–H and O–H groups in total. The number of aromatic amines is 2. The lowest BCUT2D eigenvalue weighted by Gasteiger charge is -2.09. The third-order valence-corrected chi connectivity index (χ3v) is 3.55. The molecule has 0 unspecified atom stereocenters. The van der Waals surface area contributed by atoms with Gasteiger partial charge in [-0.3, -0.25) is 0 Å². The standard InChI is InChI=1S/C16H16N6.ClH/c1-9-17-13-5-3-11(7-15(13)19-9)21-22-12-4-6-14-16(8-12)20-10(2)18-14;/h3-8,21-22H,1-2H3,(H,17,19)(H,18,20);1H. The predicted molar refractivity (Wildman–Crippen MR) is 96.2 cm³/mol. The summed E-state index contributed by atoms with van der Waals surface area (Å²) in [6.07, 6.45) is 0. The van der Waals surface area contributed by atoms with E-state index in [0.717, 1.165) is 45.1 Å².